The molecule has 2 atom stereocenters. The first-order chi connectivity index (χ1) is 24.3. The van der Waals surface area contributed by atoms with Gasteiger partial charge in [0, 0.05) is 34.8 Å². The number of nitrogens with zero attached hydrogens (tertiary/aromatic N) is 2. The molecule has 12 heteroatoms. The van der Waals surface area contributed by atoms with E-state index in [-0.39, 0.29) is 11.8 Å². The van der Waals surface area contributed by atoms with E-state index in [2.05, 4.69) is 27.5 Å². The molecular weight excluding hydrogens is 669 g/mol. The molecule has 51 heavy (non-hydrogen) atoms. The lowest BCUT2D eigenvalue weighted by molar-refractivity contribution is -0.147. The SMILES string of the molecule is CCCCCCCOc1ccc(-c2cnc(-c3ccc(CC(NC(=O)c4ccc(C(C)(C)C)s4)C(=O)N[C@H](CC(=O)O)C(=O)O)cc3)nc2)cc1. The fourth-order valence-corrected chi connectivity index (χ4v) is 6.21. The number of benzene rings is 2. The van der Waals surface area contributed by atoms with Crippen molar-refractivity contribution >= 4 is 35.1 Å². The Morgan fingerprint density at radius 1 is 0.784 bits per heavy atom. The van der Waals surface area contributed by atoms with Crippen LogP contribution in [0.15, 0.2) is 73.1 Å². The largest absolute Gasteiger partial charge is 0.494 e. The van der Waals surface area contributed by atoms with Crippen molar-refractivity contribution in [1.29, 1.82) is 0 Å². The average Bonchev–Trinajstić information content (AvgIpc) is 3.62. The van der Waals surface area contributed by atoms with Crippen molar-refractivity contribution in [3.8, 4) is 28.3 Å². The number of carboxylic acid groups (broad SMARTS) is 2. The van der Waals surface area contributed by atoms with Gasteiger partial charge in [-0.05, 0) is 47.2 Å². The Balaban J connectivity index is 1.43. The summed E-state index contributed by atoms with van der Waals surface area (Å²) in [6.07, 6.45) is 8.64. The Labute approximate surface area is 302 Å². The molecule has 0 spiro atoms. The molecular formula is C39H46N4O7S. The van der Waals surface area contributed by atoms with Gasteiger partial charge in [-0.1, -0.05) is 89.8 Å². The molecule has 0 saturated carbocycles. The zero-order valence-electron chi connectivity index (χ0n) is 29.5. The molecule has 0 aliphatic carbocycles. The van der Waals surface area contributed by atoms with Crippen LogP contribution in [0.25, 0.3) is 22.5 Å². The highest BCUT2D eigenvalue weighted by Gasteiger charge is 2.29. The highest BCUT2D eigenvalue weighted by Crippen LogP contribution is 2.29. The van der Waals surface area contributed by atoms with E-state index in [4.69, 9.17) is 9.84 Å². The van der Waals surface area contributed by atoms with Crippen molar-refractivity contribution in [3.63, 3.8) is 0 Å². The minimum atomic E-state index is -1.66. The third kappa shape index (κ3) is 11.7. The van der Waals surface area contributed by atoms with Crippen LogP contribution in [0.1, 0.15) is 86.3 Å². The third-order valence-electron chi connectivity index (χ3n) is 8.19. The number of unbranched alkanes of at least 4 members (excludes halogenated alkanes) is 4. The first kappa shape index (κ1) is 38.7. The molecule has 4 rings (SSSR count). The van der Waals surface area contributed by atoms with Crippen LogP contribution in [0.5, 0.6) is 5.75 Å². The summed E-state index contributed by atoms with van der Waals surface area (Å²) in [5.74, 6) is -2.85. The lowest BCUT2D eigenvalue weighted by Crippen LogP contribution is -2.52. The van der Waals surface area contributed by atoms with Gasteiger partial charge in [0.2, 0.25) is 5.91 Å². The van der Waals surface area contributed by atoms with E-state index in [0.29, 0.717) is 22.9 Å². The third-order valence-corrected chi connectivity index (χ3v) is 9.70. The normalized spacial score (nSPS) is 12.5. The fourth-order valence-electron chi connectivity index (χ4n) is 5.24. The van der Waals surface area contributed by atoms with Crippen LogP contribution in [0.4, 0.5) is 0 Å². The van der Waals surface area contributed by atoms with Gasteiger partial charge >= 0.3 is 11.9 Å². The van der Waals surface area contributed by atoms with Gasteiger partial charge in [0.15, 0.2) is 5.82 Å². The number of aromatic nitrogens is 2. The van der Waals surface area contributed by atoms with Crippen molar-refractivity contribution in [2.45, 2.75) is 90.1 Å². The van der Waals surface area contributed by atoms with Gasteiger partial charge in [0.1, 0.15) is 17.8 Å². The van der Waals surface area contributed by atoms with Crippen LogP contribution < -0.4 is 15.4 Å². The summed E-state index contributed by atoms with van der Waals surface area (Å²) >= 11 is 1.30. The molecule has 1 unspecified atom stereocenters. The molecule has 4 aromatic rings. The number of aliphatic carboxylic acids is 2. The molecule has 270 valence electrons. The topological polar surface area (TPSA) is 168 Å². The summed E-state index contributed by atoms with van der Waals surface area (Å²) in [5, 5.41) is 23.6. The highest BCUT2D eigenvalue weighted by molar-refractivity contribution is 7.14. The standard InChI is InChI=1S/C39H46N4O7S/c1-5-6-7-8-9-20-50-29-16-14-26(15-17-29)28-23-40-35(41-24-28)27-12-10-25(11-13-27)21-30(36(46)43-31(38(48)49)22-34(44)45)42-37(47)32-18-19-33(51-32)39(2,3)4/h10-19,23-24,30-31H,5-9,20-22H2,1-4H3,(H,42,47)(H,43,46)(H,44,45)(H,48,49)/t30?,31-/m1/s1. The van der Waals surface area contributed by atoms with Crippen LogP contribution >= 0.6 is 11.3 Å². The Morgan fingerprint density at radius 3 is 2.02 bits per heavy atom. The van der Waals surface area contributed by atoms with E-state index in [1.807, 2.05) is 51.1 Å². The van der Waals surface area contributed by atoms with Crippen LogP contribution in [0, 0.1) is 0 Å². The van der Waals surface area contributed by atoms with E-state index in [1.165, 1.54) is 37.0 Å². The smallest absolute Gasteiger partial charge is 0.326 e. The number of ether oxygens (including phenoxy) is 1. The van der Waals surface area contributed by atoms with E-state index in [9.17, 15) is 24.3 Å². The van der Waals surface area contributed by atoms with E-state index in [1.54, 1.807) is 42.7 Å². The fraction of sp³-hybridized carbons (Fsp3) is 0.385. The Hall–Kier alpha value is -5.10. The van der Waals surface area contributed by atoms with E-state index < -0.39 is 42.3 Å². The second-order valence-corrected chi connectivity index (χ2v) is 14.5. The molecule has 2 amide bonds. The molecule has 0 bridgehead atoms. The molecule has 11 nitrogen and oxygen atoms in total. The van der Waals surface area contributed by atoms with Gasteiger partial charge in [0.25, 0.3) is 5.91 Å². The quantitative estimate of drug-likeness (QED) is 0.0801. The van der Waals surface area contributed by atoms with Crippen LogP contribution in [0.3, 0.4) is 0 Å². The number of thiophene rings is 1. The molecule has 0 saturated heterocycles. The molecule has 0 radical (unpaired) electrons. The number of hydrogen-bond donors (Lipinski definition) is 4. The Bertz CT molecular complexity index is 1760. The summed E-state index contributed by atoms with van der Waals surface area (Å²) in [6.45, 7) is 8.99. The molecule has 0 aliphatic rings. The average molecular weight is 715 g/mol. The molecule has 0 aliphatic heterocycles. The van der Waals surface area contributed by atoms with Crippen molar-refractivity contribution in [2.75, 3.05) is 6.61 Å². The van der Waals surface area contributed by atoms with Gasteiger partial charge in [-0.3, -0.25) is 14.4 Å². The zero-order chi connectivity index (χ0) is 37.0. The van der Waals surface area contributed by atoms with Gasteiger partial charge in [0.05, 0.1) is 17.9 Å². The minimum Gasteiger partial charge on any atom is -0.494 e. The maximum absolute atomic E-state index is 13.3. The number of hydrogen-bond acceptors (Lipinski definition) is 8. The molecule has 4 N–H and O–H groups in total. The monoisotopic (exact) mass is 714 g/mol. The van der Waals surface area contributed by atoms with Gasteiger partial charge in [-0.15, -0.1) is 11.3 Å². The first-order valence-electron chi connectivity index (χ1n) is 17.1. The number of nitrogens with one attached hydrogen (secondary N) is 2. The zero-order valence-corrected chi connectivity index (χ0v) is 30.3. The van der Waals surface area contributed by atoms with Crippen LogP contribution in [-0.2, 0) is 26.2 Å². The number of rotatable bonds is 18. The Kier molecular flexibility index (Phi) is 13.8. The predicted octanol–water partition coefficient (Wildman–Crippen LogP) is 6.90. The van der Waals surface area contributed by atoms with Crippen LogP contribution in [0.2, 0.25) is 0 Å². The van der Waals surface area contributed by atoms with Crippen molar-refractivity contribution in [3.05, 3.63) is 88.4 Å². The second kappa shape index (κ2) is 18.2. The molecule has 2 aromatic heterocycles. The number of amides is 2. The predicted molar refractivity (Wildman–Crippen MR) is 197 cm³/mol. The van der Waals surface area contributed by atoms with Crippen molar-refractivity contribution < 1.29 is 34.1 Å². The van der Waals surface area contributed by atoms with Gasteiger partial charge in [-0.2, -0.15) is 0 Å². The van der Waals surface area contributed by atoms with Gasteiger partial charge < -0.3 is 25.6 Å². The van der Waals surface area contributed by atoms with Crippen LogP contribution in [-0.4, -0.2) is 62.6 Å². The second-order valence-electron chi connectivity index (χ2n) is 13.4. The summed E-state index contributed by atoms with van der Waals surface area (Å²) in [5.41, 5.74) is 3.05. The molecule has 2 heterocycles. The summed E-state index contributed by atoms with van der Waals surface area (Å²) in [4.78, 5) is 59.9. The Morgan fingerprint density at radius 2 is 1.43 bits per heavy atom. The molecule has 2 aromatic carbocycles. The highest BCUT2D eigenvalue weighted by atomic mass is 32.1. The number of carboxylic acids is 2. The number of carbonyl (C=O) groups excluding carboxylic acids is 2. The maximum Gasteiger partial charge on any atom is 0.326 e. The van der Waals surface area contributed by atoms with E-state index >= 15 is 0 Å². The van der Waals surface area contributed by atoms with Crippen molar-refractivity contribution in [2.24, 2.45) is 0 Å². The van der Waals surface area contributed by atoms with E-state index in [0.717, 1.165) is 33.7 Å². The van der Waals surface area contributed by atoms with Gasteiger partial charge in [-0.25, -0.2) is 14.8 Å². The van der Waals surface area contributed by atoms with Crippen molar-refractivity contribution in [1.82, 2.24) is 20.6 Å². The molecule has 0 fully saturated rings. The maximum atomic E-state index is 13.3. The summed E-state index contributed by atoms with van der Waals surface area (Å²) in [6, 6.07) is 15.7. The minimum absolute atomic E-state index is 0.0210. The number of carbonyl (C=O) groups is 4. The summed E-state index contributed by atoms with van der Waals surface area (Å²) in [7, 11) is 0. The first-order valence-corrected chi connectivity index (χ1v) is 18.0. The lowest BCUT2D eigenvalue weighted by atomic mass is 9.95. The lowest BCUT2D eigenvalue weighted by Gasteiger charge is -2.21. The summed E-state index contributed by atoms with van der Waals surface area (Å²) < 4.78 is 5.87.